The molecule has 1 nitrogen and oxygen atoms in total. The largest absolute Gasteiger partial charge is 0.486 e. The number of fused-ring (bicyclic) bond motifs is 3. The molecular formula is C25H36F2O. The molecule has 0 heterocycles. The third-order valence-corrected chi connectivity index (χ3v) is 7.29. The first-order chi connectivity index (χ1) is 13.6. The van der Waals surface area contributed by atoms with E-state index in [4.69, 9.17) is 4.74 Å². The van der Waals surface area contributed by atoms with Gasteiger partial charge in [-0.05, 0) is 73.8 Å². The fraction of sp³-hybridized carbons (Fsp3) is 0.680. The lowest BCUT2D eigenvalue weighted by Gasteiger charge is -2.54. The van der Waals surface area contributed by atoms with Crippen molar-refractivity contribution in [1.82, 2.24) is 0 Å². The summed E-state index contributed by atoms with van der Waals surface area (Å²) in [5, 5.41) is 0. The number of ether oxygens (including phenoxy) is 1. The molecule has 3 heteroatoms. The van der Waals surface area contributed by atoms with E-state index in [1.165, 1.54) is 25.7 Å². The highest BCUT2D eigenvalue weighted by Crippen LogP contribution is 2.60. The number of halogens is 2. The van der Waals surface area contributed by atoms with Crippen LogP contribution >= 0.6 is 0 Å². The molecule has 0 N–H and O–H groups in total. The highest BCUT2D eigenvalue weighted by Gasteiger charge is 2.50. The summed E-state index contributed by atoms with van der Waals surface area (Å²) >= 11 is 0. The summed E-state index contributed by atoms with van der Waals surface area (Å²) in [6.45, 7) is 4.63. The number of hydrogen-bond donors (Lipinski definition) is 0. The normalized spacial score (nSPS) is 26.9. The molecule has 0 saturated heterocycles. The van der Waals surface area contributed by atoms with E-state index in [1.807, 2.05) is 12.2 Å². The van der Waals surface area contributed by atoms with Gasteiger partial charge in [-0.3, -0.25) is 0 Å². The fourth-order valence-corrected chi connectivity index (χ4v) is 5.34. The molecule has 28 heavy (non-hydrogen) atoms. The predicted molar refractivity (Wildman–Crippen MR) is 112 cm³/mol. The second-order valence-corrected chi connectivity index (χ2v) is 9.05. The van der Waals surface area contributed by atoms with Gasteiger partial charge in [0.1, 0.15) is 6.61 Å². The van der Waals surface area contributed by atoms with Crippen LogP contribution in [0, 0.1) is 17.0 Å². The molecule has 1 aromatic carbocycles. The highest BCUT2D eigenvalue weighted by molar-refractivity contribution is 5.37. The molecule has 3 aliphatic rings. The first-order valence-electron chi connectivity index (χ1n) is 11.3. The average molecular weight is 391 g/mol. The topological polar surface area (TPSA) is 9.23 Å². The quantitative estimate of drug-likeness (QED) is 0.292. The molecule has 2 bridgehead atoms. The van der Waals surface area contributed by atoms with E-state index in [1.54, 1.807) is 12.1 Å². The lowest BCUT2D eigenvalue weighted by molar-refractivity contribution is 0.0285. The Labute approximate surface area is 169 Å². The van der Waals surface area contributed by atoms with E-state index in [0.29, 0.717) is 11.0 Å². The third kappa shape index (κ3) is 4.44. The summed E-state index contributed by atoms with van der Waals surface area (Å²) in [6, 6.07) is 3.42. The van der Waals surface area contributed by atoms with Crippen molar-refractivity contribution < 1.29 is 13.5 Å². The van der Waals surface area contributed by atoms with Crippen LogP contribution in [0.25, 0.3) is 0 Å². The number of benzene rings is 1. The van der Waals surface area contributed by atoms with Crippen LogP contribution < -0.4 is 4.74 Å². The molecule has 0 aromatic heterocycles. The molecule has 4 rings (SSSR count). The zero-order chi connectivity index (χ0) is 20.0. The Morgan fingerprint density at radius 1 is 0.893 bits per heavy atom. The van der Waals surface area contributed by atoms with Crippen molar-refractivity contribution in [3.8, 4) is 5.75 Å². The third-order valence-electron chi connectivity index (χ3n) is 7.29. The number of hydrogen-bond acceptors (Lipinski definition) is 1. The van der Waals surface area contributed by atoms with Gasteiger partial charge in [-0.25, -0.2) is 4.39 Å². The van der Waals surface area contributed by atoms with Crippen LogP contribution in [0.1, 0.15) is 96.5 Å². The van der Waals surface area contributed by atoms with Crippen molar-refractivity contribution in [3.05, 3.63) is 41.5 Å². The Kier molecular flexibility index (Phi) is 7.17. The van der Waals surface area contributed by atoms with Crippen LogP contribution in [-0.2, 0) is 5.41 Å². The Hall–Kier alpha value is -1.38. The van der Waals surface area contributed by atoms with Gasteiger partial charge in [-0.2, -0.15) is 4.39 Å². The van der Waals surface area contributed by atoms with Gasteiger partial charge in [-0.1, -0.05) is 57.7 Å². The van der Waals surface area contributed by atoms with E-state index in [9.17, 15) is 8.78 Å². The summed E-state index contributed by atoms with van der Waals surface area (Å²) < 4.78 is 35.1. The number of unbranched alkanes of at least 4 members (excludes halogenated alkanes) is 3. The Morgan fingerprint density at radius 2 is 1.61 bits per heavy atom. The van der Waals surface area contributed by atoms with Crippen LogP contribution in [0.15, 0.2) is 24.3 Å². The minimum atomic E-state index is -0.818. The van der Waals surface area contributed by atoms with E-state index in [-0.39, 0.29) is 17.8 Å². The second-order valence-electron chi connectivity index (χ2n) is 9.05. The molecular weight excluding hydrogens is 354 g/mol. The van der Waals surface area contributed by atoms with Crippen molar-refractivity contribution in [1.29, 1.82) is 0 Å². The minimum Gasteiger partial charge on any atom is -0.486 e. The SMILES string of the molecule is CCCC=CCOc1ccc(C23CCC(CCCCC)(CC2)CC3)c(F)c1F. The molecule has 0 spiro atoms. The van der Waals surface area contributed by atoms with Crippen LogP contribution in [0.4, 0.5) is 8.78 Å². The van der Waals surface area contributed by atoms with Crippen LogP contribution in [0.5, 0.6) is 5.75 Å². The molecule has 3 fully saturated rings. The van der Waals surface area contributed by atoms with Crippen LogP contribution in [-0.4, -0.2) is 6.61 Å². The Morgan fingerprint density at radius 3 is 2.25 bits per heavy atom. The van der Waals surface area contributed by atoms with Crippen molar-refractivity contribution >= 4 is 0 Å². The second kappa shape index (κ2) is 9.41. The molecule has 0 radical (unpaired) electrons. The molecule has 0 atom stereocenters. The molecule has 156 valence electrons. The molecule has 1 aromatic rings. The minimum absolute atomic E-state index is 0.0272. The zero-order valence-corrected chi connectivity index (χ0v) is 17.7. The molecule has 3 saturated carbocycles. The Balaban J connectivity index is 1.67. The summed E-state index contributed by atoms with van der Waals surface area (Å²) in [6.07, 6.45) is 17.6. The van der Waals surface area contributed by atoms with E-state index in [2.05, 4.69) is 13.8 Å². The maximum Gasteiger partial charge on any atom is 0.200 e. The van der Waals surface area contributed by atoms with Gasteiger partial charge >= 0.3 is 0 Å². The average Bonchev–Trinajstić information content (AvgIpc) is 2.72. The molecule has 0 aliphatic heterocycles. The van der Waals surface area contributed by atoms with Gasteiger partial charge < -0.3 is 4.74 Å². The summed E-state index contributed by atoms with van der Waals surface area (Å²) in [5.74, 6) is -1.48. The van der Waals surface area contributed by atoms with Gasteiger partial charge in [0.2, 0.25) is 5.82 Å². The smallest absolute Gasteiger partial charge is 0.200 e. The molecule has 0 amide bonds. The van der Waals surface area contributed by atoms with Gasteiger partial charge in [0.15, 0.2) is 11.6 Å². The van der Waals surface area contributed by atoms with E-state index < -0.39 is 11.6 Å². The van der Waals surface area contributed by atoms with Crippen LogP contribution in [0.2, 0.25) is 0 Å². The van der Waals surface area contributed by atoms with Gasteiger partial charge in [0.05, 0.1) is 0 Å². The van der Waals surface area contributed by atoms with E-state index in [0.717, 1.165) is 51.4 Å². The fourth-order valence-electron chi connectivity index (χ4n) is 5.34. The maximum atomic E-state index is 15.0. The molecule has 0 unspecified atom stereocenters. The summed E-state index contributed by atoms with van der Waals surface area (Å²) in [7, 11) is 0. The summed E-state index contributed by atoms with van der Waals surface area (Å²) in [4.78, 5) is 0. The van der Waals surface area contributed by atoms with Crippen LogP contribution in [0.3, 0.4) is 0 Å². The van der Waals surface area contributed by atoms with Crippen molar-refractivity contribution in [2.75, 3.05) is 6.61 Å². The standard InChI is InChI=1S/C25H36F2O/c1-3-5-7-9-19-28-21-11-10-20(22(26)23(21)27)25-16-13-24(14-17-25,15-18-25)12-8-6-4-2/h7,9-11H,3-6,8,12-19H2,1-2H3. The lowest BCUT2D eigenvalue weighted by Crippen LogP contribution is -2.44. The maximum absolute atomic E-state index is 15.0. The van der Waals surface area contributed by atoms with Gasteiger partial charge in [0.25, 0.3) is 0 Å². The van der Waals surface area contributed by atoms with Gasteiger partial charge in [0, 0.05) is 0 Å². The number of allylic oxidation sites excluding steroid dienone is 1. The predicted octanol–water partition coefficient (Wildman–Crippen LogP) is 7.87. The van der Waals surface area contributed by atoms with Crippen molar-refractivity contribution in [2.24, 2.45) is 5.41 Å². The lowest BCUT2D eigenvalue weighted by atomic mass is 9.51. The first kappa shape index (κ1) is 21.3. The highest BCUT2D eigenvalue weighted by atomic mass is 19.2. The first-order valence-corrected chi connectivity index (χ1v) is 11.3. The monoisotopic (exact) mass is 390 g/mol. The van der Waals surface area contributed by atoms with E-state index >= 15 is 0 Å². The molecule has 3 aliphatic carbocycles. The number of rotatable bonds is 10. The van der Waals surface area contributed by atoms with Crippen molar-refractivity contribution in [2.45, 2.75) is 96.3 Å². The van der Waals surface area contributed by atoms with Crippen molar-refractivity contribution in [3.63, 3.8) is 0 Å². The zero-order valence-electron chi connectivity index (χ0n) is 17.7. The van der Waals surface area contributed by atoms with Gasteiger partial charge in [-0.15, -0.1) is 0 Å². The summed E-state index contributed by atoms with van der Waals surface area (Å²) in [5.41, 5.74) is 0.886. The Bertz CT molecular complexity index is 655.